The van der Waals surface area contributed by atoms with E-state index in [-0.39, 0.29) is 5.71 Å². The predicted molar refractivity (Wildman–Crippen MR) is 44.9 cm³/mol. The molecule has 0 radical (unpaired) electrons. The van der Waals surface area contributed by atoms with Gasteiger partial charge in [-0.15, -0.1) is 0 Å². The van der Waals surface area contributed by atoms with Crippen LogP contribution >= 0.6 is 0 Å². The van der Waals surface area contributed by atoms with Gasteiger partial charge in [0.25, 0.3) is 0 Å². The van der Waals surface area contributed by atoms with Crippen LogP contribution in [0.3, 0.4) is 0 Å². The van der Waals surface area contributed by atoms with Crippen molar-refractivity contribution in [3.63, 3.8) is 0 Å². The minimum atomic E-state index is -1.45. The number of carbonyl (C=O) groups excluding carboxylic acids is 1. The Morgan fingerprint density at radius 2 is 2.08 bits per heavy atom. The minimum Gasteiger partial charge on any atom is -0.424 e. The first-order chi connectivity index (χ1) is 6.20. The van der Waals surface area contributed by atoms with Crippen molar-refractivity contribution < 1.29 is 14.6 Å². The molecular weight excluding hydrogens is 170 g/mol. The van der Waals surface area contributed by atoms with E-state index in [0.717, 1.165) is 0 Å². The number of ether oxygens (including phenoxy) is 1. The molecule has 1 aromatic rings. The molecule has 2 rings (SSSR count). The fourth-order valence-corrected chi connectivity index (χ4v) is 1.21. The van der Waals surface area contributed by atoms with Gasteiger partial charge in [0.15, 0.2) is 6.10 Å². The van der Waals surface area contributed by atoms with Crippen LogP contribution in [0.2, 0.25) is 0 Å². The molecule has 0 aliphatic carbocycles. The maximum atomic E-state index is 11.0. The maximum absolute atomic E-state index is 11.0. The van der Waals surface area contributed by atoms with Gasteiger partial charge in [-0.3, -0.25) is 0 Å². The second kappa shape index (κ2) is 2.67. The smallest absolute Gasteiger partial charge is 0.346 e. The molecule has 4 nitrogen and oxygen atoms in total. The summed E-state index contributed by atoms with van der Waals surface area (Å²) in [7, 11) is 0. The second-order valence-electron chi connectivity index (χ2n) is 2.73. The molecule has 1 aromatic carbocycles. The lowest BCUT2D eigenvalue weighted by molar-refractivity contribution is -0.140. The van der Waals surface area contributed by atoms with Crippen molar-refractivity contribution in [2.75, 3.05) is 0 Å². The number of hydrogen-bond acceptors (Lipinski definition) is 4. The zero-order valence-electron chi connectivity index (χ0n) is 6.65. The summed E-state index contributed by atoms with van der Waals surface area (Å²) in [5, 5.41) is 16.7. The van der Waals surface area contributed by atoms with E-state index in [1.54, 1.807) is 24.3 Å². The summed E-state index contributed by atoms with van der Waals surface area (Å²) in [6.07, 6.45) is -1.45. The Bertz CT molecular complexity index is 386. The fraction of sp³-hybridized carbons (Fsp3) is 0.111. The van der Waals surface area contributed by atoms with Gasteiger partial charge in [0.05, 0.1) is 5.71 Å². The molecule has 4 heteroatoms. The third kappa shape index (κ3) is 1.11. The van der Waals surface area contributed by atoms with Gasteiger partial charge in [-0.1, -0.05) is 12.1 Å². The topological polar surface area (TPSA) is 70.4 Å². The number of rotatable bonds is 0. The average molecular weight is 177 g/mol. The summed E-state index contributed by atoms with van der Waals surface area (Å²) < 4.78 is 4.78. The molecule has 13 heavy (non-hydrogen) atoms. The van der Waals surface area contributed by atoms with Gasteiger partial charge in [0.1, 0.15) is 5.75 Å². The van der Waals surface area contributed by atoms with Gasteiger partial charge in [0, 0.05) is 5.56 Å². The molecule has 2 N–H and O–H groups in total. The van der Waals surface area contributed by atoms with Crippen LogP contribution in [0.4, 0.5) is 0 Å². The van der Waals surface area contributed by atoms with E-state index >= 15 is 0 Å². The summed E-state index contributed by atoms with van der Waals surface area (Å²) in [6, 6.07) is 6.65. The lowest BCUT2D eigenvalue weighted by Gasteiger charge is -2.19. The number of carbonyl (C=O) groups is 1. The number of nitrogens with one attached hydrogen (secondary N) is 1. The Labute approximate surface area is 74.3 Å². The summed E-state index contributed by atoms with van der Waals surface area (Å²) in [5.41, 5.74) is 0.362. The first kappa shape index (κ1) is 7.94. The average Bonchev–Trinajstić information content (AvgIpc) is 2.15. The molecule has 0 saturated heterocycles. The SMILES string of the molecule is N=C1c2ccccc2OC(=O)C1O. The first-order valence-electron chi connectivity index (χ1n) is 3.78. The molecule has 1 aliphatic rings. The molecule has 0 fully saturated rings. The highest BCUT2D eigenvalue weighted by Gasteiger charge is 2.31. The van der Waals surface area contributed by atoms with Crippen molar-refractivity contribution >= 4 is 11.7 Å². The van der Waals surface area contributed by atoms with Crippen LogP contribution in [0.1, 0.15) is 5.56 Å². The van der Waals surface area contributed by atoms with Gasteiger partial charge in [-0.25, -0.2) is 4.79 Å². The van der Waals surface area contributed by atoms with Gasteiger partial charge in [-0.2, -0.15) is 0 Å². The Balaban J connectivity index is 2.55. The number of benzene rings is 1. The largest absolute Gasteiger partial charge is 0.424 e. The monoisotopic (exact) mass is 177 g/mol. The molecule has 0 spiro atoms. The van der Waals surface area contributed by atoms with E-state index < -0.39 is 12.1 Å². The molecule has 0 aromatic heterocycles. The van der Waals surface area contributed by atoms with Crippen molar-refractivity contribution in [2.24, 2.45) is 0 Å². The van der Waals surface area contributed by atoms with E-state index in [4.69, 9.17) is 10.1 Å². The molecule has 1 atom stereocenters. The van der Waals surface area contributed by atoms with Gasteiger partial charge >= 0.3 is 5.97 Å². The van der Waals surface area contributed by atoms with Crippen molar-refractivity contribution in [1.29, 1.82) is 5.41 Å². The van der Waals surface area contributed by atoms with E-state index in [1.165, 1.54) is 0 Å². The third-order valence-corrected chi connectivity index (χ3v) is 1.88. The predicted octanol–water partition coefficient (Wildman–Crippen LogP) is 0.334. The molecule has 1 heterocycles. The Kier molecular flexibility index (Phi) is 1.63. The Hall–Kier alpha value is -1.68. The van der Waals surface area contributed by atoms with Gasteiger partial charge in [-0.05, 0) is 12.1 Å². The number of fused-ring (bicyclic) bond motifs is 1. The lowest BCUT2D eigenvalue weighted by Crippen LogP contribution is -2.38. The number of aliphatic hydroxyl groups is 1. The quantitative estimate of drug-likeness (QED) is 0.443. The zero-order chi connectivity index (χ0) is 9.42. The standard InChI is InChI=1S/C9H7NO3/c10-7-5-3-1-2-4-6(5)13-9(12)8(7)11/h1-4,8,10-11H. The van der Waals surface area contributed by atoms with E-state index in [9.17, 15) is 9.90 Å². The van der Waals surface area contributed by atoms with Crippen LogP contribution in [-0.2, 0) is 4.79 Å². The number of esters is 1. The van der Waals surface area contributed by atoms with E-state index in [0.29, 0.717) is 11.3 Å². The van der Waals surface area contributed by atoms with Crippen LogP contribution in [0.5, 0.6) is 5.75 Å². The summed E-state index contributed by atoms with van der Waals surface area (Å²) in [4.78, 5) is 11.0. The zero-order valence-corrected chi connectivity index (χ0v) is 6.65. The van der Waals surface area contributed by atoms with Crippen LogP contribution in [0.25, 0.3) is 0 Å². The van der Waals surface area contributed by atoms with Crippen molar-refractivity contribution in [3.05, 3.63) is 29.8 Å². The summed E-state index contributed by atoms with van der Waals surface area (Å²) >= 11 is 0. The second-order valence-corrected chi connectivity index (χ2v) is 2.73. The molecule has 0 amide bonds. The van der Waals surface area contributed by atoms with Crippen LogP contribution in [-0.4, -0.2) is 22.9 Å². The summed E-state index contributed by atoms with van der Waals surface area (Å²) in [5.74, 6) is -0.452. The maximum Gasteiger partial charge on any atom is 0.346 e. The Morgan fingerprint density at radius 1 is 1.38 bits per heavy atom. The van der Waals surface area contributed by atoms with Crippen LogP contribution < -0.4 is 4.74 Å². The van der Waals surface area contributed by atoms with Crippen molar-refractivity contribution in [3.8, 4) is 5.75 Å². The van der Waals surface area contributed by atoms with Crippen molar-refractivity contribution in [1.82, 2.24) is 0 Å². The molecule has 0 saturated carbocycles. The minimum absolute atomic E-state index is 0.105. The molecule has 1 unspecified atom stereocenters. The highest BCUT2D eigenvalue weighted by molar-refractivity contribution is 6.16. The number of aliphatic hydroxyl groups excluding tert-OH is 1. The van der Waals surface area contributed by atoms with Crippen LogP contribution in [0.15, 0.2) is 24.3 Å². The molecule has 0 bridgehead atoms. The normalized spacial score (nSPS) is 20.8. The third-order valence-electron chi connectivity index (χ3n) is 1.88. The number of para-hydroxylation sites is 1. The Morgan fingerprint density at radius 3 is 2.85 bits per heavy atom. The highest BCUT2D eigenvalue weighted by atomic mass is 16.6. The van der Waals surface area contributed by atoms with E-state index in [2.05, 4.69) is 0 Å². The fourth-order valence-electron chi connectivity index (χ4n) is 1.21. The molecular formula is C9H7NO3. The van der Waals surface area contributed by atoms with Gasteiger partial charge in [0.2, 0.25) is 0 Å². The lowest BCUT2D eigenvalue weighted by atomic mass is 10.0. The summed E-state index contributed by atoms with van der Waals surface area (Å²) in [6.45, 7) is 0. The molecule has 66 valence electrons. The van der Waals surface area contributed by atoms with Crippen LogP contribution in [0, 0.1) is 5.41 Å². The van der Waals surface area contributed by atoms with E-state index in [1.807, 2.05) is 0 Å². The highest BCUT2D eigenvalue weighted by Crippen LogP contribution is 2.24. The van der Waals surface area contributed by atoms with Gasteiger partial charge < -0.3 is 15.3 Å². The first-order valence-corrected chi connectivity index (χ1v) is 3.78. The number of hydrogen-bond donors (Lipinski definition) is 2. The van der Waals surface area contributed by atoms with Crippen molar-refractivity contribution in [2.45, 2.75) is 6.10 Å². The molecule has 1 aliphatic heterocycles.